The molecule has 140 valence electrons. The largest absolute Gasteiger partial charge is 0.391 e. The molecule has 3 heterocycles. The van der Waals surface area contributed by atoms with Gasteiger partial charge in [0.05, 0.1) is 22.7 Å². The van der Waals surface area contributed by atoms with Crippen LogP contribution in [0.4, 0.5) is 0 Å². The van der Waals surface area contributed by atoms with Crippen LogP contribution in [-0.2, 0) is 9.59 Å². The summed E-state index contributed by atoms with van der Waals surface area (Å²) in [6, 6.07) is -1.28. The monoisotopic (exact) mass is 378 g/mol. The minimum absolute atomic E-state index is 0.0680. The van der Waals surface area contributed by atoms with Crippen molar-refractivity contribution in [2.24, 2.45) is 5.92 Å². The number of likely N-dealkylation sites (N-methyl/N-ethyl adjacent to an activating group) is 1. The Bertz CT molecular complexity index is 775. The quantitative estimate of drug-likeness (QED) is 0.774. The fourth-order valence-electron chi connectivity index (χ4n) is 3.21. The third kappa shape index (κ3) is 3.47. The van der Waals surface area contributed by atoms with Crippen molar-refractivity contribution in [3.8, 4) is 10.6 Å². The first-order valence-corrected chi connectivity index (χ1v) is 9.31. The molecule has 0 aromatic carbocycles. The number of amides is 2. The molecule has 2 amide bonds. The molecule has 1 fully saturated rings. The van der Waals surface area contributed by atoms with Gasteiger partial charge in [0, 0.05) is 26.2 Å². The highest BCUT2D eigenvalue weighted by molar-refractivity contribution is 7.13. The van der Waals surface area contributed by atoms with Gasteiger partial charge in [0.2, 0.25) is 11.8 Å². The van der Waals surface area contributed by atoms with Gasteiger partial charge in [-0.1, -0.05) is 19.1 Å². The lowest BCUT2D eigenvalue weighted by molar-refractivity contribution is -0.142. The number of β-amino-alcohol motifs (C(OH)–C–C–N with tert-alkyl or cyclic N) is 1. The first-order chi connectivity index (χ1) is 12.4. The Morgan fingerprint density at radius 2 is 2.19 bits per heavy atom. The molecule has 0 radical (unpaired) electrons. The number of hydrogen-bond donors (Lipinski definition) is 2. The Hall–Kier alpha value is -2.33. The highest BCUT2D eigenvalue weighted by Gasteiger charge is 2.42. The molecule has 10 heteroatoms. The molecule has 0 spiro atoms. The molecule has 3 atom stereocenters. The number of rotatable bonds is 5. The maximum Gasteiger partial charge on any atom is 0.248 e. The van der Waals surface area contributed by atoms with Crippen LogP contribution in [0.5, 0.6) is 0 Å². The molecule has 2 aromatic rings. The van der Waals surface area contributed by atoms with E-state index in [2.05, 4.69) is 20.6 Å². The number of nitrogens with one attached hydrogen (secondary N) is 1. The second-order valence-electron chi connectivity index (χ2n) is 6.65. The van der Waals surface area contributed by atoms with E-state index in [1.807, 2.05) is 13.8 Å². The molecule has 3 rings (SSSR count). The summed E-state index contributed by atoms with van der Waals surface area (Å²) in [6.45, 7) is 3.96. The lowest BCUT2D eigenvalue weighted by Crippen LogP contribution is -2.48. The van der Waals surface area contributed by atoms with Gasteiger partial charge in [-0.25, -0.2) is 4.68 Å². The maximum atomic E-state index is 13.2. The van der Waals surface area contributed by atoms with Crippen molar-refractivity contribution in [1.29, 1.82) is 0 Å². The van der Waals surface area contributed by atoms with Gasteiger partial charge < -0.3 is 15.3 Å². The molecular weight excluding hydrogens is 356 g/mol. The molecular formula is C16H22N6O3S. The van der Waals surface area contributed by atoms with E-state index in [4.69, 9.17) is 0 Å². The maximum absolute atomic E-state index is 13.2. The third-order valence-corrected chi connectivity index (χ3v) is 5.27. The normalized spacial score (nSPS) is 21.2. The molecule has 0 aliphatic carbocycles. The topological polar surface area (TPSA) is 113 Å². The smallest absolute Gasteiger partial charge is 0.248 e. The van der Waals surface area contributed by atoms with E-state index < -0.39 is 18.2 Å². The Morgan fingerprint density at radius 3 is 2.81 bits per heavy atom. The first kappa shape index (κ1) is 18.5. The van der Waals surface area contributed by atoms with Crippen molar-refractivity contribution in [1.82, 2.24) is 30.2 Å². The third-order valence-electron chi connectivity index (χ3n) is 4.48. The number of carbonyl (C=O) groups excluding carboxylic acids is 2. The fraction of sp³-hybridized carbons (Fsp3) is 0.562. The van der Waals surface area contributed by atoms with Crippen molar-refractivity contribution >= 4 is 23.2 Å². The second-order valence-corrected chi connectivity index (χ2v) is 7.53. The van der Waals surface area contributed by atoms with Gasteiger partial charge in [-0.15, -0.1) is 16.4 Å². The van der Waals surface area contributed by atoms with Gasteiger partial charge in [-0.3, -0.25) is 14.6 Å². The van der Waals surface area contributed by atoms with E-state index in [1.54, 1.807) is 17.9 Å². The summed E-state index contributed by atoms with van der Waals surface area (Å²) in [5.41, 5.74) is 2.36. The summed E-state index contributed by atoms with van der Waals surface area (Å²) >= 11 is 1.44. The molecule has 1 aliphatic heterocycles. The number of likely N-dealkylation sites (tertiary alicyclic amines) is 1. The number of aliphatic hydroxyl groups excluding tert-OH is 1. The molecule has 3 unspecified atom stereocenters. The van der Waals surface area contributed by atoms with Gasteiger partial charge in [0.25, 0.3) is 0 Å². The highest BCUT2D eigenvalue weighted by atomic mass is 32.1. The molecule has 26 heavy (non-hydrogen) atoms. The average molecular weight is 378 g/mol. The van der Waals surface area contributed by atoms with Crippen molar-refractivity contribution < 1.29 is 14.7 Å². The number of carbonyl (C=O) groups is 2. The van der Waals surface area contributed by atoms with Crippen LogP contribution >= 0.6 is 11.3 Å². The molecule has 2 N–H and O–H groups in total. The van der Waals surface area contributed by atoms with Crippen molar-refractivity contribution in [2.45, 2.75) is 38.5 Å². The van der Waals surface area contributed by atoms with Gasteiger partial charge in [0.1, 0.15) is 17.8 Å². The predicted octanol–water partition coefficient (Wildman–Crippen LogP) is 0.306. The summed E-state index contributed by atoms with van der Waals surface area (Å²) in [5, 5.41) is 20.8. The Morgan fingerprint density at radius 1 is 1.42 bits per heavy atom. The van der Waals surface area contributed by atoms with E-state index in [9.17, 15) is 14.7 Å². The summed E-state index contributed by atoms with van der Waals surface area (Å²) < 4.78 is 1.54. The van der Waals surface area contributed by atoms with Crippen LogP contribution in [0, 0.1) is 5.92 Å². The zero-order chi connectivity index (χ0) is 18.8. The number of nitrogens with zero attached hydrogens (tertiary/aromatic N) is 5. The second kappa shape index (κ2) is 7.50. The summed E-state index contributed by atoms with van der Waals surface area (Å²) in [5.74, 6) is -0.589. The minimum Gasteiger partial charge on any atom is -0.391 e. The van der Waals surface area contributed by atoms with Crippen LogP contribution in [0.25, 0.3) is 10.6 Å². The minimum atomic E-state index is -0.711. The molecule has 1 aliphatic rings. The standard InChI is InChI=1S/C16H22N6O3S/c1-9(2)14(22-7-11(19-20-22)13-5-18-8-26-13)16(25)21-6-10(23)4-12(21)15(24)17-3/h5,7-10,12,14,23H,4,6H2,1-3H3,(H,17,24). The number of aromatic nitrogens is 4. The Balaban J connectivity index is 1.88. The summed E-state index contributed by atoms with van der Waals surface area (Å²) in [7, 11) is 1.52. The van der Waals surface area contributed by atoms with Gasteiger partial charge in [-0.2, -0.15) is 0 Å². The average Bonchev–Trinajstić information content (AvgIpc) is 3.33. The van der Waals surface area contributed by atoms with Crippen LogP contribution in [-0.4, -0.2) is 67.5 Å². The van der Waals surface area contributed by atoms with Crippen LogP contribution in [0.15, 0.2) is 17.9 Å². The zero-order valence-electron chi connectivity index (χ0n) is 14.9. The molecule has 9 nitrogen and oxygen atoms in total. The number of thiazole rings is 1. The van der Waals surface area contributed by atoms with Crippen molar-refractivity contribution in [3.05, 3.63) is 17.9 Å². The molecule has 0 saturated carbocycles. The lowest BCUT2D eigenvalue weighted by atomic mass is 10.0. The summed E-state index contributed by atoms with van der Waals surface area (Å²) in [6.07, 6.45) is 2.94. The van der Waals surface area contributed by atoms with Crippen LogP contribution in [0.1, 0.15) is 26.3 Å². The fourth-order valence-corrected chi connectivity index (χ4v) is 3.79. The summed E-state index contributed by atoms with van der Waals surface area (Å²) in [4.78, 5) is 31.6. The Kier molecular flexibility index (Phi) is 5.33. The number of hydrogen-bond acceptors (Lipinski definition) is 7. The van der Waals surface area contributed by atoms with E-state index >= 15 is 0 Å². The van der Waals surface area contributed by atoms with Crippen LogP contribution in [0.3, 0.4) is 0 Å². The molecule has 1 saturated heterocycles. The first-order valence-electron chi connectivity index (χ1n) is 8.43. The van der Waals surface area contributed by atoms with Crippen LogP contribution in [0.2, 0.25) is 0 Å². The van der Waals surface area contributed by atoms with E-state index in [1.165, 1.54) is 28.0 Å². The van der Waals surface area contributed by atoms with Crippen molar-refractivity contribution in [3.63, 3.8) is 0 Å². The predicted molar refractivity (Wildman–Crippen MR) is 95.2 cm³/mol. The van der Waals surface area contributed by atoms with Gasteiger partial charge >= 0.3 is 0 Å². The van der Waals surface area contributed by atoms with Gasteiger partial charge in [0.15, 0.2) is 0 Å². The lowest BCUT2D eigenvalue weighted by Gasteiger charge is -2.29. The van der Waals surface area contributed by atoms with E-state index in [0.717, 1.165) is 4.88 Å². The molecule has 0 bridgehead atoms. The van der Waals surface area contributed by atoms with Crippen molar-refractivity contribution in [2.75, 3.05) is 13.6 Å². The van der Waals surface area contributed by atoms with E-state index in [-0.39, 0.29) is 30.7 Å². The zero-order valence-corrected chi connectivity index (χ0v) is 15.7. The van der Waals surface area contributed by atoms with E-state index in [0.29, 0.717) is 5.69 Å². The van der Waals surface area contributed by atoms with Gasteiger partial charge in [-0.05, 0) is 5.92 Å². The molecule has 2 aromatic heterocycles. The number of aliphatic hydroxyl groups is 1. The SMILES string of the molecule is CNC(=O)C1CC(O)CN1C(=O)C(C(C)C)n1cc(-c2cncs2)nn1. The highest BCUT2D eigenvalue weighted by Crippen LogP contribution is 2.28. The van der Waals surface area contributed by atoms with Crippen LogP contribution < -0.4 is 5.32 Å². The Labute approximate surface area is 155 Å².